The lowest BCUT2D eigenvalue weighted by Gasteiger charge is -2.06. The lowest BCUT2D eigenvalue weighted by atomic mass is 10.4. The molecule has 5 nitrogen and oxygen atoms in total. The highest BCUT2D eigenvalue weighted by Crippen LogP contribution is 2.23. The highest BCUT2D eigenvalue weighted by atomic mass is 16.5. The van der Waals surface area contributed by atoms with Gasteiger partial charge in [0, 0.05) is 0 Å². The molecule has 1 aromatic rings. The van der Waals surface area contributed by atoms with Crippen molar-refractivity contribution in [2.45, 2.75) is 6.92 Å². The Hall–Kier alpha value is -1.52. The van der Waals surface area contributed by atoms with Crippen molar-refractivity contribution in [2.75, 3.05) is 14.2 Å². The summed E-state index contributed by atoms with van der Waals surface area (Å²) in [6.45, 7) is 1.71. The molecule has 66 valence electrons. The van der Waals surface area contributed by atoms with Gasteiger partial charge < -0.3 is 14.5 Å². The van der Waals surface area contributed by atoms with Gasteiger partial charge in [0.1, 0.15) is 0 Å². The monoisotopic (exact) mass is 170 g/mol. The topological polar surface area (TPSA) is 64.2 Å². The third-order valence-corrected chi connectivity index (χ3v) is 1.43. The first-order valence-electron chi connectivity index (χ1n) is 3.38. The number of H-pyrrole nitrogens is 1. The molecule has 0 aromatic carbocycles. The number of aryl methyl sites for hydroxylation is 1. The van der Waals surface area contributed by atoms with Crippen molar-refractivity contribution in [1.29, 1.82) is 0 Å². The molecule has 0 unspecified atom stereocenters. The number of hydrogen-bond donors (Lipinski definition) is 1. The molecule has 0 bridgehead atoms. The maximum Gasteiger partial charge on any atom is 0.348 e. The van der Waals surface area contributed by atoms with Gasteiger partial charge in [-0.25, -0.2) is 4.79 Å². The molecule has 1 heterocycles. The van der Waals surface area contributed by atoms with E-state index >= 15 is 0 Å². The predicted molar refractivity (Wildman–Crippen MR) is 42.7 cm³/mol. The van der Waals surface area contributed by atoms with Crippen LogP contribution in [-0.2, 0) is 0 Å². The zero-order valence-electron chi connectivity index (χ0n) is 7.17. The Morgan fingerprint density at radius 1 is 1.33 bits per heavy atom. The first-order valence-corrected chi connectivity index (χ1v) is 3.38. The van der Waals surface area contributed by atoms with Crippen LogP contribution in [0, 0.1) is 6.92 Å². The molecule has 0 aliphatic heterocycles. The molecule has 0 atom stereocenters. The largest absolute Gasteiger partial charge is 0.490 e. The molecule has 0 spiro atoms. The Labute approximate surface area is 69.4 Å². The summed E-state index contributed by atoms with van der Waals surface area (Å²) in [6, 6.07) is 0. The van der Waals surface area contributed by atoms with E-state index in [0.29, 0.717) is 11.4 Å². The lowest BCUT2D eigenvalue weighted by Crippen LogP contribution is -2.13. The van der Waals surface area contributed by atoms with Gasteiger partial charge >= 0.3 is 5.69 Å². The van der Waals surface area contributed by atoms with Gasteiger partial charge in [0.15, 0.2) is 0 Å². The number of ether oxygens (including phenoxy) is 2. The number of aromatic nitrogens is 2. The first-order chi connectivity index (χ1) is 5.69. The number of nitrogens with zero attached hydrogens (tertiary/aromatic N) is 1. The van der Waals surface area contributed by atoms with Crippen molar-refractivity contribution in [1.82, 2.24) is 9.97 Å². The molecule has 5 heteroatoms. The Morgan fingerprint density at radius 2 is 2.00 bits per heavy atom. The van der Waals surface area contributed by atoms with Gasteiger partial charge in [0.2, 0.25) is 5.75 Å². The van der Waals surface area contributed by atoms with Crippen LogP contribution in [0.25, 0.3) is 0 Å². The molecule has 1 rings (SSSR count). The molecular weight excluding hydrogens is 160 g/mol. The molecule has 0 radical (unpaired) electrons. The Bertz CT molecular complexity index is 332. The Balaban J connectivity index is 3.33. The summed E-state index contributed by atoms with van der Waals surface area (Å²) < 4.78 is 9.81. The van der Waals surface area contributed by atoms with Crippen LogP contribution < -0.4 is 15.2 Å². The average molecular weight is 170 g/mol. The highest BCUT2D eigenvalue weighted by Gasteiger charge is 2.09. The van der Waals surface area contributed by atoms with Gasteiger partial charge in [0.25, 0.3) is 5.88 Å². The SMILES string of the molecule is COc1nc(=O)[nH]c(C)c1OC. The van der Waals surface area contributed by atoms with E-state index in [1.165, 1.54) is 14.2 Å². The molecule has 1 aromatic heterocycles. The molecule has 0 saturated carbocycles. The summed E-state index contributed by atoms with van der Waals surface area (Å²) in [6.07, 6.45) is 0. The van der Waals surface area contributed by atoms with Gasteiger partial charge in [-0.3, -0.25) is 0 Å². The second-order valence-electron chi connectivity index (χ2n) is 2.21. The summed E-state index contributed by atoms with van der Waals surface area (Å²) in [5, 5.41) is 0. The summed E-state index contributed by atoms with van der Waals surface area (Å²) in [5.41, 5.74) is 0.166. The fourth-order valence-corrected chi connectivity index (χ4v) is 0.927. The van der Waals surface area contributed by atoms with Crippen LogP contribution >= 0.6 is 0 Å². The third-order valence-electron chi connectivity index (χ3n) is 1.43. The zero-order valence-corrected chi connectivity index (χ0v) is 7.17. The first kappa shape index (κ1) is 8.58. The maximum absolute atomic E-state index is 10.8. The number of nitrogens with one attached hydrogen (secondary N) is 1. The summed E-state index contributed by atoms with van der Waals surface area (Å²) >= 11 is 0. The van der Waals surface area contributed by atoms with Crippen LogP contribution in [0.3, 0.4) is 0 Å². The number of hydrogen-bond acceptors (Lipinski definition) is 4. The van der Waals surface area contributed by atoms with Gasteiger partial charge in [-0.2, -0.15) is 4.98 Å². The molecule has 0 aliphatic rings. The summed E-state index contributed by atoms with van der Waals surface area (Å²) in [7, 11) is 2.93. The van der Waals surface area contributed by atoms with Gasteiger partial charge in [-0.15, -0.1) is 0 Å². The Morgan fingerprint density at radius 3 is 2.50 bits per heavy atom. The molecule has 1 N–H and O–H groups in total. The molecular formula is C7H10N2O3. The third kappa shape index (κ3) is 1.39. The van der Waals surface area contributed by atoms with E-state index in [0.717, 1.165) is 0 Å². The van der Waals surface area contributed by atoms with Crippen molar-refractivity contribution < 1.29 is 9.47 Å². The van der Waals surface area contributed by atoms with Crippen molar-refractivity contribution in [3.63, 3.8) is 0 Å². The minimum Gasteiger partial charge on any atom is -0.490 e. The molecule has 0 fully saturated rings. The fraction of sp³-hybridized carbons (Fsp3) is 0.429. The van der Waals surface area contributed by atoms with Crippen molar-refractivity contribution in [2.24, 2.45) is 0 Å². The number of aromatic amines is 1. The van der Waals surface area contributed by atoms with Crippen molar-refractivity contribution in [3.05, 3.63) is 16.2 Å². The minimum atomic E-state index is -0.440. The van der Waals surface area contributed by atoms with Crippen molar-refractivity contribution >= 4 is 0 Å². The van der Waals surface area contributed by atoms with E-state index < -0.39 is 5.69 Å². The van der Waals surface area contributed by atoms with E-state index in [1.54, 1.807) is 6.92 Å². The van der Waals surface area contributed by atoms with Crippen LogP contribution in [0.5, 0.6) is 11.6 Å². The molecule has 0 amide bonds. The average Bonchev–Trinajstić information content (AvgIpc) is 2.03. The van der Waals surface area contributed by atoms with E-state index in [-0.39, 0.29) is 5.88 Å². The minimum absolute atomic E-state index is 0.207. The van der Waals surface area contributed by atoms with Gasteiger partial charge in [-0.1, -0.05) is 0 Å². The van der Waals surface area contributed by atoms with Crippen LogP contribution in [-0.4, -0.2) is 24.2 Å². The molecule has 0 aliphatic carbocycles. The van der Waals surface area contributed by atoms with E-state index in [4.69, 9.17) is 9.47 Å². The smallest absolute Gasteiger partial charge is 0.348 e. The second kappa shape index (κ2) is 3.25. The molecule has 12 heavy (non-hydrogen) atoms. The predicted octanol–water partition coefficient (Wildman–Crippen LogP) is 0.0955. The normalized spacial score (nSPS) is 9.58. The molecule has 0 saturated heterocycles. The van der Waals surface area contributed by atoms with Crippen molar-refractivity contribution in [3.8, 4) is 11.6 Å². The van der Waals surface area contributed by atoms with Crippen LogP contribution in [0.15, 0.2) is 4.79 Å². The fourth-order valence-electron chi connectivity index (χ4n) is 0.927. The van der Waals surface area contributed by atoms with Crippen LogP contribution in [0.2, 0.25) is 0 Å². The highest BCUT2D eigenvalue weighted by molar-refractivity contribution is 5.35. The summed E-state index contributed by atoms with van der Waals surface area (Å²) in [5.74, 6) is 0.663. The van der Waals surface area contributed by atoms with E-state index in [1.807, 2.05) is 0 Å². The summed E-state index contributed by atoms with van der Waals surface area (Å²) in [4.78, 5) is 16.9. The van der Waals surface area contributed by atoms with Gasteiger partial charge in [0.05, 0.1) is 19.9 Å². The van der Waals surface area contributed by atoms with E-state index in [2.05, 4.69) is 9.97 Å². The standard InChI is InChI=1S/C7H10N2O3/c1-4-5(11-2)6(12-3)9-7(10)8-4/h1-3H3,(H,8,9,10). The number of methoxy groups -OCH3 is 2. The zero-order chi connectivity index (χ0) is 9.14. The maximum atomic E-state index is 10.8. The van der Waals surface area contributed by atoms with E-state index in [9.17, 15) is 4.79 Å². The van der Waals surface area contributed by atoms with Crippen LogP contribution in [0.4, 0.5) is 0 Å². The second-order valence-corrected chi connectivity index (χ2v) is 2.21. The quantitative estimate of drug-likeness (QED) is 0.683. The van der Waals surface area contributed by atoms with Crippen LogP contribution in [0.1, 0.15) is 5.69 Å². The Kier molecular flexibility index (Phi) is 2.32. The lowest BCUT2D eigenvalue weighted by molar-refractivity contribution is 0.337. The van der Waals surface area contributed by atoms with Gasteiger partial charge in [-0.05, 0) is 6.92 Å². The number of rotatable bonds is 2.